The summed E-state index contributed by atoms with van der Waals surface area (Å²) in [7, 11) is -1.51. The molecular formula is C37H35F2N12O10P. The number of aromatic nitrogens is 10. The number of pyridine rings is 2. The number of cyclic esters (lactones) is 2. The lowest BCUT2D eigenvalue weighted by atomic mass is 10.1. The van der Waals surface area contributed by atoms with E-state index in [0.29, 0.717) is 34.2 Å². The summed E-state index contributed by atoms with van der Waals surface area (Å²) >= 11 is 0. The largest absolute Gasteiger partial charge is 0.472 e. The van der Waals surface area contributed by atoms with Gasteiger partial charge in [-0.2, -0.15) is 9.59 Å². The Labute approximate surface area is 349 Å². The zero-order chi connectivity index (χ0) is 43.5. The first-order valence-electron chi connectivity index (χ1n) is 18.6. The number of rotatable bonds is 16. The third-order valence-corrected chi connectivity index (χ3v) is 10.3. The van der Waals surface area contributed by atoms with Crippen LogP contribution in [0.3, 0.4) is 0 Å². The van der Waals surface area contributed by atoms with Gasteiger partial charge in [0.05, 0.1) is 65.0 Å². The Kier molecular flexibility index (Phi) is 12.0. The third-order valence-electron chi connectivity index (χ3n) is 9.37. The molecule has 0 spiro atoms. The number of aliphatic hydroxyl groups excluding tert-OH is 1. The maximum absolute atomic E-state index is 15.2. The molecule has 2 saturated heterocycles. The summed E-state index contributed by atoms with van der Waals surface area (Å²) < 4.78 is 68.9. The molecule has 25 heteroatoms. The molecular weight excluding hydrogens is 841 g/mol. The van der Waals surface area contributed by atoms with Gasteiger partial charge in [-0.3, -0.25) is 28.8 Å². The van der Waals surface area contributed by atoms with Gasteiger partial charge in [0.1, 0.15) is 41.3 Å². The van der Waals surface area contributed by atoms with Gasteiger partial charge in [-0.05, 0) is 59.0 Å². The van der Waals surface area contributed by atoms with Crippen LogP contribution in [0, 0.1) is 11.6 Å². The van der Waals surface area contributed by atoms with Gasteiger partial charge in [-0.25, -0.2) is 22.9 Å². The van der Waals surface area contributed by atoms with Crippen molar-refractivity contribution in [1.29, 1.82) is 0 Å². The quantitative estimate of drug-likeness (QED) is 0.132. The smallest absolute Gasteiger partial charge is 0.441 e. The Morgan fingerprint density at radius 2 is 1.24 bits per heavy atom. The van der Waals surface area contributed by atoms with Crippen molar-refractivity contribution in [2.75, 3.05) is 49.3 Å². The Morgan fingerprint density at radius 3 is 1.68 bits per heavy atom. The number of nitrogens with zero attached hydrogens (tertiary/aromatic N) is 12. The number of carbonyl (C=O) groups is 2. The summed E-state index contributed by atoms with van der Waals surface area (Å²) in [5.41, 5.74) is 2.76. The second kappa shape index (κ2) is 17.7. The van der Waals surface area contributed by atoms with E-state index < -0.39 is 63.2 Å². The van der Waals surface area contributed by atoms with Crippen LogP contribution < -0.4 is 9.80 Å². The van der Waals surface area contributed by atoms with E-state index in [0.717, 1.165) is 11.0 Å². The summed E-state index contributed by atoms with van der Waals surface area (Å²) in [5, 5.41) is 33.8. The Morgan fingerprint density at radius 1 is 0.742 bits per heavy atom. The van der Waals surface area contributed by atoms with Gasteiger partial charge in [0, 0.05) is 34.6 Å². The van der Waals surface area contributed by atoms with Crippen LogP contribution in [0.1, 0.15) is 0 Å². The molecule has 62 heavy (non-hydrogen) atoms. The van der Waals surface area contributed by atoms with E-state index in [4.69, 9.17) is 23.3 Å². The van der Waals surface area contributed by atoms with E-state index >= 15 is 8.78 Å². The summed E-state index contributed by atoms with van der Waals surface area (Å²) in [6.45, 7) is -1.87. The number of phosphoric ester groups is 1. The average molecular weight is 877 g/mol. The topological polar surface area (TPSA) is 257 Å². The highest BCUT2D eigenvalue weighted by atomic mass is 31.2. The van der Waals surface area contributed by atoms with E-state index in [1.165, 1.54) is 51.2 Å². The fraction of sp³-hybridized carbons (Fsp3) is 0.297. The second-order valence-electron chi connectivity index (χ2n) is 13.9. The number of carbonyl (C=O) groups excluding carboxylic acids is 2. The number of halogens is 2. The number of hydrogen-bond acceptors (Lipinski definition) is 17. The first kappa shape index (κ1) is 42.0. The Hall–Kier alpha value is -6.69. The molecule has 0 aliphatic carbocycles. The molecule has 2 fully saturated rings. The van der Waals surface area contributed by atoms with Crippen LogP contribution in [-0.4, -0.2) is 130 Å². The van der Waals surface area contributed by atoms with Gasteiger partial charge >= 0.3 is 20.0 Å². The van der Waals surface area contributed by atoms with Crippen molar-refractivity contribution >= 4 is 31.4 Å². The first-order valence-corrected chi connectivity index (χ1v) is 20.1. The second-order valence-corrected chi connectivity index (χ2v) is 15.3. The van der Waals surface area contributed by atoms with E-state index in [9.17, 15) is 24.2 Å². The maximum atomic E-state index is 15.2. The van der Waals surface area contributed by atoms with Crippen molar-refractivity contribution in [2.24, 2.45) is 14.1 Å². The lowest BCUT2D eigenvalue weighted by Crippen LogP contribution is -2.28. The van der Waals surface area contributed by atoms with Gasteiger partial charge in [0.15, 0.2) is 0 Å². The number of ether oxygens (including phenoxy) is 3. The van der Waals surface area contributed by atoms with E-state index in [-0.39, 0.29) is 48.8 Å². The number of anilines is 2. The molecule has 6 aromatic rings. The zero-order valence-electron chi connectivity index (χ0n) is 32.6. The summed E-state index contributed by atoms with van der Waals surface area (Å²) in [6.07, 6.45) is -1.81. The fourth-order valence-electron chi connectivity index (χ4n) is 6.37. The SMILES string of the molecule is Cn1nnc(-c2ccc(-c3ccc(N4C[C@H](COCC(O)COP(=O)(O)OC[C@H]5CN(c6ccc(-c7ccc(-c8nnn(C)n8)nc7)c(F)c6)C(=O)O5)OC4=O)cc3F)cn2)n1. The van der Waals surface area contributed by atoms with Crippen LogP contribution in [0.25, 0.3) is 45.3 Å². The van der Waals surface area contributed by atoms with Crippen LogP contribution in [0.4, 0.5) is 29.7 Å². The normalized spacial score (nSPS) is 17.9. The fourth-order valence-corrected chi connectivity index (χ4v) is 7.16. The minimum Gasteiger partial charge on any atom is -0.441 e. The molecule has 2 N–H and O–H groups in total. The highest BCUT2D eigenvalue weighted by Gasteiger charge is 2.36. The first-order chi connectivity index (χ1) is 29.8. The minimum absolute atomic E-state index is 0.0191. The molecule has 2 unspecified atom stereocenters. The third kappa shape index (κ3) is 9.59. The number of amides is 2. The molecule has 8 rings (SSSR count). The Bertz CT molecular complexity index is 2640. The van der Waals surface area contributed by atoms with Crippen molar-refractivity contribution in [3.05, 3.63) is 84.7 Å². The predicted octanol–water partition coefficient (Wildman–Crippen LogP) is 3.33. The van der Waals surface area contributed by atoms with Crippen LogP contribution in [0.15, 0.2) is 73.1 Å². The zero-order valence-corrected chi connectivity index (χ0v) is 33.5. The molecule has 0 saturated carbocycles. The van der Waals surface area contributed by atoms with Crippen LogP contribution >= 0.6 is 7.82 Å². The molecule has 2 aliphatic heterocycles. The van der Waals surface area contributed by atoms with Gasteiger partial charge in [0.2, 0.25) is 11.6 Å². The molecule has 2 amide bonds. The molecule has 0 bridgehead atoms. The standard InChI is InChI=1S/C37H35F2N12O10P/c1-48-44-34(42-46-48)32-9-3-21(13-40-32)28-7-5-23(11-30(28)38)50-15-26(60-36(50)53)19-57-17-25(52)18-58-62(55,56)59-20-27-16-51(37(54)61-27)24-6-8-29(31(39)12-24)22-4-10-33(41-14-22)35-43-47-49(2)45-35/h3-14,25-27,52H,15-20H2,1-2H3,(H,55,56)/t25?,26-,27-/m1/s1. The van der Waals surface area contributed by atoms with Gasteiger partial charge in [-0.15, -0.1) is 20.4 Å². The molecule has 322 valence electrons. The molecule has 22 nitrogen and oxygen atoms in total. The molecule has 4 atom stereocenters. The van der Waals surface area contributed by atoms with Crippen LogP contribution in [0.2, 0.25) is 0 Å². The van der Waals surface area contributed by atoms with Crippen molar-refractivity contribution in [3.8, 4) is 45.3 Å². The minimum atomic E-state index is -4.75. The number of phosphoric acid groups is 1. The monoisotopic (exact) mass is 876 g/mol. The van der Waals surface area contributed by atoms with Crippen molar-refractivity contribution in [3.63, 3.8) is 0 Å². The Balaban J connectivity index is 0.753. The lowest BCUT2D eigenvalue weighted by molar-refractivity contribution is -0.0208. The number of hydrogen-bond donors (Lipinski definition) is 2. The summed E-state index contributed by atoms with van der Waals surface area (Å²) in [5.74, 6) is -0.609. The van der Waals surface area contributed by atoms with Crippen LogP contribution in [0.5, 0.6) is 0 Å². The summed E-state index contributed by atoms with van der Waals surface area (Å²) in [6, 6.07) is 15.0. The molecule has 2 aliphatic rings. The van der Waals surface area contributed by atoms with E-state index in [1.807, 2.05) is 0 Å². The van der Waals surface area contributed by atoms with Crippen molar-refractivity contribution in [1.82, 2.24) is 50.4 Å². The number of aliphatic hydroxyl groups is 1. The van der Waals surface area contributed by atoms with Gasteiger partial charge in [-0.1, -0.05) is 12.1 Å². The number of benzene rings is 2. The highest BCUT2D eigenvalue weighted by molar-refractivity contribution is 7.47. The maximum Gasteiger partial charge on any atom is 0.472 e. The number of aryl methyl sites for hydroxylation is 2. The lowest BCUT2D eigenvalue weighted by Gasteiger charge is -2.17. The highest BCUT2D eigenvalue weighted by Crippen LogP contribution is 2.44. The summed E-state index contributed by atoms with van der Waals surface area (Å²) in [4.78, 5) is 49.0. The predicted molar refractivity (Wildman–Crippen MR) is 209 cm³/mol. The average Bonchev–Trinajstić information content (AvgIpc) is 4.07. The van der Waals surface area contributed by atoms with E-state index in [1.54, 1.807) is 44.4 Å². The van der Waals surface area contributed by atoms with Gasteiger partial charge < -0.3 is 24.2 Å². The van der Waals surface area contributed by atoms with Gasteiger partial charge in [0.25, 0.3) is 0 Å². The van der Waals surface area contributed by atoms with Crippen molar-refractivity contribution in [2.45, 2.75) is 18.3 Å². The number of tetrazole rings is 2. The van der Waals surface area contributed by atoms with Crippen LogP contribution in [-0.2, 0) is 41.9 Å². The molecule has 2 aromatic carbocycles. The van der Waals surface area contributed by atoms with Crippen molar-refractivity contribution < 1.29 is 56.2 Å². The molecule has 6 heterocycles. The molecule has 4 aromatic heterocycles. The molecule has 0 radical (unpaired) electrons. The van der Waals surface area contributed by atoms with E-state index in [2.05, 4.69) is 40.8 Å².